The van der Waals surface area contributed by atoms with Gasteiger partial charge < -0.3 is 4.90 Å². The Bertz CT molecular complexity index is 533. The lowest BCUT2D eigenvalue weighted by Gasteiger charge is -2.26. The molecule has 1 saturated heterocycles. The number of nitro benzene ring substituents is 1. The summed E-state index contributed by atoms with van der Waals surface area (Å²) in [6.45, 7) is 1.27. The van der Waals surface area contributed by atoms with E-state index < -0.39 is 4.92 Å². The van der Waals surface area contributed by atoms with Gasteiger partial charge in [-0.05, 0) is 6.07 Å². The summed E-state index contributed by atoms with van der Waals surface area (Å²) < 4.78 is 0. The van der Waals surface area contributed by atoms with Gasteiger partial charge in [-0.3, -0.25) is 14.9 Å². The van der Waals surface area contributed by atoms with Gasteiger partial charge >= 0.3 is 0 Å². The summed E-state index contributed by atoms with van der Waals surface area (Å²) in [6, 6.07) is 2.55. The van der Waals surface area contributed by atoms with Gasteiger partial charge in [0.05, 0.1) is 9.95 Å². The normalized spacial score (nSPS) is 15.4. The Morgan fingerprint density at radius 2 is 1.95 bits per heavy atom. The minimum atomic E-state index is -0.642. The summed E-state index contributed by atoms with van der Waals surface area (Å²) in [5.74, 6) is 1.49. The molecule has 102 valence electrons. The van der Waals surface area contributed by atoms with Crippen LogP contribution in [0.15, 0.2) is 12.1 Å². The molecule has 2 rings (SSSR count). The van der Waals surface area contributed by atoms with E-state index in [1.807, 2.05) is 0 Å². The molecule has 5 nitrogen and oxygen atoms in total. The number of amides is 1. The molecule has 8 heteroatoms. The maximum atomic E-state index is 12.2. The highest BCUT2D eigenvalue weighted by Gasteiger charge is 2.24. The van der Waals surface area contributed by atoms with Gasteiger partial charge in [-0.2, -0.15) is 11.8 Å². The smallest absolute Gasteiger partial charge is 0.290 e. The van der Waals surface area contributed by atoms with Crippen molar-refractivity contribution in [2.45, 2.75) is 0 Å². The molecule has 1 aromatic carbocycles. The van der Waals surface area contributed by atoms with Gasteiger partial charge in [0.2, 0.25) is 0 Å². The summed E-state index contributed by atoms with van der Waals surface area (Å²) in [5.41, 5.74) is -0.142. The van der Waals surface area contributed by atoms with E-state index in [1.165, 1.54) is 12.1 Å². The molecule has 1 aliphatic rings. The van der Waals surface area contributed by atoms with Crippen molar-refractivity contribution < 1.29 is 9.72 Å². The van der Waals surface area contributed by atoms with Crippen LogP contribution in [0, 0.1) is 10.1 Å². The van der Waals surface area contributed by atoms with Crippen LogP contribution in [0.1, 0.15) is 10.4 Å². The molecule has 0 saturated carbocycles. The van der Waals surface area contributed by atoms with Crippen molar-refractivity contribution >= 4 is 46.6 Å². The Hall–Kier alpha value is -0.980. The highest BCUT2D eigenvalue weighted by molar-refractivity contribution is 7.99. The molecule has 19 heavy (non-hydrogen) atoms. The summed E-state index contributed by atoms with van der Waals surface area (Å²) in [6.07, 6.45) is 0. The predicted octanol–water partition coefficient (Wildman–Crippen LogP) is 3.09. The third-order valence-corrected chi connectivity index (χ3v) is 4.49. The molecule has 0 spiro atoms. The minimum Gasteiger partial charge on any atom is -0.337 e. The van der Waals surface area contributed by atoms with Gasteiger partial charge in [-0.25, -0.2) is 0 Å². The van der Waals surface area contributed by atoms with Crippen LogP contribution in [0.5, 0.6) is 0 Å². The van der Waals surface area contributed by atoms with Crippen molar-refractivity contribution in [1.29, 1.82) is 0 Å². The second kappa shape index (κ2) is 5.98. The third-order valence-electron chi connectivity index (χ3n) is 2.75. The molecule has 0 radical (unpaired) electrons. The lowest BCUT2D eigenvalue weighted by atomic mass is 10.1. The Morgan fingerprint density at radius 3 is 2.53 bits per heavy atom. The van der Waals surface area contributed by atoms with E-state index in [0.717, 1.165) is 11.5 Å². The van der Waals surface area contributed by atoms with Crippen LogP contribution >= 0.6 is 35.0 Å². The number of halogens is 2. The highest BCUT2D eigenvalue weighted by atomic mass is 35.5. The van der Waals surface area contributed by atoms with Crippen molar-refractivity contribution in [2.24, 2.45) is 0 Å². The molecule has 0 aromatic heterocycles. The van der Waals surface area contributed by atoms with Crippen LogP contribution in [-0.4, -0.2) is 40.3 Å². The van der Waals surface area contributed by atoms with E-state index in [9.17, 15) is 14.9 Å². The zero-order chi connectivity index (χ0) is 14.0. The van der Waals surface area contributed by atoms with Crippen LogP contribution < -0.4 is 0 Å². The van der Waals surface area contributed by atoms with E-state index in [1.54, 1.807) is 16.7 Å². The van der Waals surface area contributed by atoms with Crippen LogP contribution in [0.3, 0.4) is 0 Å². The molecule has 1 fully saturated rings. The predicted molar refractivity (Wildman–Crippen MR) is 76.3 cm³/mol. The number of nitrogens with zero attached hydrogens (tertiary/aromatic N) is 2. The number of hydrogen-bond acceptors (Lipinski definition) is 4. The van der Waals surface area contributed by atoms with Gasteiger partial charge in [0.1, 0.15) is 5.02 Å². The largest absolute Gasteiger partial charge is 0.337 e. The number of rotatable bonds is 2. The first-order chi connectivity index (χ1) is 9.00. The van der Waals surface area contributed by atoms with Crippen molar-refractivity contribution in [1.82, 2.24) is 4.90 Å². The lowest BCUT2D eigenvalue weighted by molar-refractivity contribution is -0.384. The Morgan fingerprint density at radius 1 is 1.32 bits per heavy atom. The molecule has 1 aromatic rings. The second-order valence-electron chi connectivity index (χ2n) is 3.95. The molecule has 1 heterocycles. The first kappa shape index (κ1) is 14.4. The molecule has 0 unspecified atom stereocenters. The molecular weight excluding hydrogens is 311 g/mol. The van der Waals surface area contributed by atoms with Crippen molar-refractivity contribution in [3.8, 4) is 0 Å². The van der Waals surface area contributed by atoms with Crippen molar-refractivity contribution in [3.05, 3.63) is 37.9 Å². The molecule has 0 N–H and O–H groups in total. The summed E-state index contributed by atoms with van der Waals surface area (Å²) in [7, 11) is 0. The molecule has 0 atom stereocenters. The fraction of sp³-hybridized carbons (Fsp3) is 0.364. The number of thioether (sulfide) groups is 1. The number of hydrogen-bond donors (Lipinski definition) is 0. The Labute approximate surface area is 124 Å². The Balaban J connectivity index is 2.34. The van der Waals surface area contributed by atoms with Crippen LogP contribution in [0.25, 0.3) is 0 Å². The standard InChI is InChI=1S/C11H10Cl2N2O3S/c12-8-5-7(6-9(10(8)13)15(17)18)11(16)14-1-3-19-4-2-14/h5-6H,1-4H2. The van der Waals surface area contributed by atoms with E-state index in [0.29, 0.717) is 13.1 Å². The monoisotopic (exact) mass is 320 g/mol. The maximum Gasteiger partial charge on any atom is 0.290 e. The topological polar surface area (TPSA) is 63.4 Å². The SMILES string of the molecule is O=C(c1cc(Cl)c(Cl)c([N+](=O)[O-])c1)N1CCSCC1. The molecular formula is C11H10Cl2N2O3S. The van der Waals surface area contributed by atoms with Gasteiger partial charge in [-0.15, -0.1) is 0 Å². The zero-order valence-electron chi connectivity index (χ0n) is 9.77. The van der Waals surface area contributed by atoms with E-state index in [2.05, 4.69) is 0 Å². The maximum absolute atomic E-state index is 12.2. The fourth-order valence-corrected chi connectivity index (χ4v) is 3.08. The van der Waals surface area contributed by atoms with E-state index in [-0.39, 0.29) is 27.2 Å². The first-order valence-corrected chi connectivity index (χ1v) is 7.42. The highest BCUT2D eigenvalue weighted by Crippen LogP contribution is 2.33. The number of carbonyl (C=O) groups is 1. The quantitative estimate of drug-likeness (QED) is 0.620. The summed E-state index contributed by atoms with van der Waals surface area (Å²) in [5, 5.41) is 10.7. The van der Waals surface area contributed by atoms with Gasteiger partial charge in [-0.1, -0.05) is 23.2 Å². The fourth-order valence-electron chi connectivity index (χ4n) is 1.78. The van der Waals surface area contributed by atoms with Crippen molar-refractivity contribution in [3.63, 3.8) is 0 Å². The van der Waals surface area contributed by atoms with E-state index >= 15 is 0 Å². The zero-order valence-corrected chi connectivity index (χ0v) is 12.1. The van der Waals surface area contributed by atoms with Gasteiger partial charge in [0.15, 0.2) is 0 Å². The minimum absolute atomic E-state index is 0.0191. The van der Waals surface area contributed by atoms with Gasteiger partial charge in [0.25, 0.3) is 11.6 Å². The molecule has 0 bridgehead atoms. The van der Waals surface area contributed by atoms with Crippen molar-refractivity contribution in [2.75, 3.05) is 24.6 Å². The summed E-state index contributed by atoms with van der Waals surface area (Å²) >= 11 is 13.4. The molecule has 0 aliphatic carbocycles. The van der Waals surface area contributed by atoms with Crippen LogP contribution in [0.4, 0.5) is 5.69 Å². The lowest BCUT2D eigenvalue weighted by Crippen LogP contribution is -2.37. The van der Waals surface area contributed by atoms with Gasteiger partial charge in [0, 0.05) is 36.2 Å². The molecule has 1 aliphatic heterocycles. The number of nitro groups is 1. The van der Waals surface area contributed by atoms with Crippen LogP contribution in [0.2, 0.25) is 10.0 Å². The van der Waals surface area contributed by atoms with E-state index in [4.69, 9.17) is 23.2 Å². The summed E-state index contributed by atoms with van der Waals surface area (Å²) in [4.78, 5) is 24.1. The second-order valence-corrected chi connectivity index (χ2v) is 5.96. The Kier molecular flexibility index (Phi) is 4.54. The number of benzene rings is 1. The molecule has 1 amide bonds. The number of carbonyl (C=O) groups excluding carboxylic acids is 1. The average Bonchev–Trinajstić information content (AvgIpc) is 2.41. The first-order valence-electron chi connectivity index (χ1n) is 5.51. The average molecular weight is 321 g/mol. The van der Waals surface area contributed by atoms with Crippen LogP contribution in [-0.2, 0) is 0 Å². The third kappa shape index (κ3) is 3.13.